The van der Waals surface area contributed by atoms with Crippen LogP contribution in [0.15, 0.2) is 109 Å². The lowest BCUT2D eigenvalue weighted by Gasteiger charge is -2.40. The third-order valence-electron chi connectivity index (χ3n) is 13.8. The summed E-state index contributed by atoms with van der Waals surface area (Å²) in [6.07, 6.45) is 63.2. The lowest BCUT2D eigenvalue weighted by atomic mass is 9.98. The molecule has 6 atom stereocenters. The molecule has 1 heterocycles. The van der Waals surface area contributed by atoms with E-state index in [0.717, 1.165) is 173 Å². The van der Waals surface area contributed by atoms with Gasteiger partial charge in [-0.2, -0.15) is 0 Å². The highest BCUT2D eigenvalue weighted by Gasteiger charge is 2.50. The van der Waals surface area contributed by atoms with Gasteiger partial charge in [0.05, 0.1) is 6.61 Å². The second kappa shape index (κ2) is 55.9. The summed E-state index contributed by atoms with van der Waals surface area (Å²) < 4.78 is 28.5. The number of rotatable bonds is 53. The monoisotopic (exact) mass is 1130 g/mol. The first-order valence-electron chi connectivity index (χ1n) is 31.9. The maximum Gasteiger partial charge on any atom is 0.335 e. The third-order valence-corrected chi connectivity index (χ3v) is 13.8. The average molecular weight is 1130 g/mol. The number of carbonyl (C=O) groups excluding carboxylic acids is 3. The summed E-state index contributed by atoms with van der Waals surface area (Å²) in [6.45, 7) is 5.72. The van der Waals surface area contributed by atoms with E-state index in [4.69, 9.17) is 23.7 Å². The van der Waals surface area contributed by atoms with Crippen LogP contribution in [-0.4, -0.2) is 89.2 Å². The molecule has 3 N–H and O–H groups in total. The summed E-state index contributed by atoms with van der Waals surface area (Å²) in [5.41, 5.74) is 0. The molecule has 6 unspecified atom stereocenters. The van der Waals surface area contributed by atoms with Gasteiger partial charge in [0.1, 0.15) is 18.8 Å². The molecular formula is C69H112O12. The Kier molecular flexibility index (Phi) is 51.3. The Bertz CT molecular complexity index is 1820. The van der Waals surface area contributed by atoms with Gasteiger partial charge in [-0.1, -0.05) is 220 Å². The van der Waals surface area contributed by atoms with Crippen molar-refractivity contribution >= 4 is 23.9 Å². The molecular weight excluding hydrogens is 1020 g/mol. The highest BCUT2D eigenvalue weighted by atomic mass is 16.7. The van der Waals surface area contributed by atoms with Gasteiger partial charge in [-0.05, 0) is 122 Å². The Hall–Kier alpha value is -4.62. The third kappa shape index (κ3) is 45.6. The number of aliphatic hydroxyl groups is 2. The van der Waals surface area contributed by atoms with Crippen molar-refractivity contribution in [3.63, 3.8) is 0 Å². The highest BCUT2D eigenvalue weighted by molar-refractivity contribution is 5.74. The van der Waals surface area contributed by atoms with Gasteiger partial charge in [0.2, 0.25) is 0 Å². The van der Waals surface area contributed by atoms with Crippen molar-refractivity contribution in [1.29, 1.82) is 0 Å². The topological polar surface area (TPSA) is 175 Å². The fraction of sp³-hybridized carbons (Fsp3) is 0.681. The van der Waals surface area contributed by atoms with Crippen LogP contribution in [-0.2, 0) is 42.9 Å². The second-order valence-corrected chi connectivity index (χ2v) is 21.3. The number of carboxylic acid groups (broad SMARTS) is 1. The van der Waals surface area contributed by atoms with E-state index in [0.29, 0.717) is 19.3 Å². The van der Waals surface area contributed by atoms with Crippen LogP contribution in [0.1, 0.15) is 252 Å². The summed E-state index contributed by atoms with van der Waals surface area (Å²) in [5, 5.41) is 31.6. The molecule has 1 aliphatic heterocycles. The lowest BCUT2D eigenvalue weighted by Crippen LogP contribution is -2.61. The SMILES string of the molecule is CC/C=C\C/C=C\C/C=C\C/C=C\CCCCCCCCC(=O)OCC(COC1OC(C(=O)O)C(O)C(O)C1OC(=O)CCCCCCCCC/C=C\C/C=C\CCCCC)OC(=O)CCCCCCC/C=C\C/C=C\C/C=C\CC. The molecule has 0 aliphatic carbocycles. The van der Waals surface area contributed by atoms with E-state index >= 15 is 0 Å². The van der Waals surface area contributed by atoms with E-state index in [1.807, 2.05) is 0 Å². The maximum atomic E-state index is 13.2. The number of esters is 3. The van der Waals surface area contributed by atoms with Crippen molar-refractivity contribution in [3.8, 4) is 0 Å². The van der Waals surface area contributed by atoms with Gasteiger partial charge in [-0.15, -0.1) is 0 Å². The molecule has 0 radical (unpaired) electrons. The van der Waals surface area contributed by atoms with Gasteiger partial charge in [-0.3, -0.25) is 14.4 Å². The van der Waals surface area contributed by atoms with E-state index in [9.17, 15) is 34.5 Å². The maximum absolute atomic E-state index is 13.2. The summed E-state index contributed by atoms with van der Waals surface area (Å²) in [7, 11) is 0. The average Bonchev–Trinajstić information content (AvgIpc) is 3.53. The van der Waals surface area contributed by atoms with Crippen LogP contribution in [0.25, 0.3) is 0 Å². The van der Waals surface area contributed by atoms with E-state index in [2.05, 4.69) is 130 Å². The zero-order valence-corrected chi connectivity index (χ0v) is 50.7. The smallest absolute Gasteiger partial charge is 0.335 e. The highest BCUT2D eigenvalue weighted by Crippen LogP contribution is 2.26. The molecule has 1 saturated heterocycles. The molecule has 12 heteroatoms. The van der Waals surface area contributed by atoms with Crippen molar-refractivity contribution in [2.45, 2.75) is 289 Å². The molecule has 0 spiro atoms. The summed E-state index contributed by atoms with van der Waals surface area (Å²) in [5.74, 6) is -3.18. The lowest BCUT2D eigenvalue weighted by molar-refractivity contribution is -0.301. The Morgan fingerprint density at radius 1 is 0.420 bits per heavy atom. The van der Waals surface area contributed by atoms with E-state index in [-0.39, 0.29) is 25.9 Å². The Morgan fingerprint density at radius 3 is 1.19 bits per heavy atom. The number of hydrogen-bond donors (Lipinski definition) is 3. The van der Waals surface area contributed by atoms with Gasteiger partial charge in [0.25, 0.3) is 0 Å². The van der Waals surface area contributed by atoms with Crippen LogP contribution in [0.5, 0.6) is 0 Å². The molecule has 81 heavy (non-hydrogen) atoms. The zero-order valence-electron chi connectivity index (χ0n) is 50.7. The number of hydrogen-bond acceptors (Lipinski definition) is 11. The Labute approximate surface area is 491 Å². The van der Waals surface area contributed by atoms with Crippen LogP contribution >= 0.6 is 0 Å². The molecule has 0 aromatic rings. The van der Waals surface area contributed by atoms with Crippen LogP contribution in [0, 0.1) is 0 Å². The Balaban J connectivity index is 2.69. The van der Waals surface area contributed by atoms with Crippen molar-refractivity contribution < 1.29 is 58.2 Å². The molecule has 1 aliphatic rings. The van der Waals surface area contributed by atoms with Gasteiger partial charge in [0, 0.05) is 19.3 Å². The predicted molar refractivity (Wildman–Crippen MR) is 330 cm³/mol. The van der Waals surface area contributed by atoms with Gasteiger partial charge in [0.15, 0.2) is 24.6 Å². The number of unbranched alkanes of at least 4 members (excludes halogenated alkanes) is 21. The molecule has 0 amide bonds. The number of ether oxygens (including phenoxy) is 5. The second-order valence-electron chi connectivity index (χ2n) is 21.3. The van der Waals surface area contributed by atoms with E-state index in [1.54, 1.807) is 0 Å². The summed E-state index contributed by atoms with van der Waals surface area (Å²) >= 11 is 0. The molecule has 1 fully saturated rings. The molecule has 0 saturated carbocycles. The van der Waals surface area contributed by atoms with Crippen molar-refractivity contribution in [2.24, 2.45) is 0 Å². The van der Waals surface area contributed by atoms with Gasteiger partial charge in [-0.25, -0.2) is 4.79 Å². The normalized spacial score (nSPS) is 18.5. The van der Waals surface area contributed by atoms with Crippen molar-refractivity contribution in [2.75, 3.05) is 13.2 Å². The van der Waals surface area contributed by atoms with Crippen molar-refractivity contribution in [3.05, 3.63) is 109 Å². The minimum absolute atomic E-state index is 0.0433. The number of carbonyl (C=O) groups is 4. The van der Waals surface area contributed by atoms with Crippen molar-refractivity contribution in [1.82, 2.24) is 0 Å². The molecule has 0 bridgehead atoms. The standard InChI is InChI=1S/C69H112O12/c1-4-7-10-13-16-19-22-25-28-30-31-33-35-37-40-43-46-49-52-55-61(70)77-58-60(79-62(71)56-53-50-47-44-41-38-34-27-24-21-18-15-12-9-6-3)59-78-69-67(65(74)64(73)66(81-69)68(75)76)80-63(72)57-54-51-48-45-42-39-36-32-29-26-23-20-17-14-11-8-5-2/h7,9-10,12,16-21,25-29,31,33-34,60,64-67,69,73-74H,4-6,8,11,13-15,22-24,30,32,35-59H2,1-3H3,(H,75,76)/b10-7-,12-9-,19-16-,20-17-,21-18-,28-25-,29-26-,33-31-,34-27-. The molecule has 0 aromatic carbocycles. The first-order valence-corrected chi connectivity index (χ1v) is 31.9. The zero-order chi connectivity index (χ0) is 58.9. The fourth-order valence-electron chi connectivity index (χ4n) is 8.99. The minimum atomic E-state index is -1.92. The minimum Gasteiger partial charge on any atom is -0.479 e. The predicted octanol–water partition coefficient (Wildman–Crippen LogP) is 17.0. The van der Waals surface area contributed by atoms with Gasteiger partial charge >= 0.3 is 23.9 Å². The van der Waals surface area contributed by atoms with Crippen LogP contribution in [0.3, 0.4) is 0 Å². The quantitative estimate of drug-likeness (QED) is 0.0228. The fourth-order valence-corrected chi connectivity index (χ4v) is 8.99. The van der Waals surface area contributed by atoms with E-state index in [1.165, 1.54) is 19.3 Å². The molecule has 0 aromatic heterocycles. The number of aliphatic carboxylic acids is 1. The molecule has 12 nitrogen and oxygen atoms in total. The Morgan fingerprint density at radius 2 is 0.778 bits per heavy atom. The number of allylic oxidation sites excluding steroid dienone is 18. The number of aliphatic hydroxyl groups excluding tert-OH is 2. The van der Waals surface area contributed by atoms with Crippen LogP contribution in [0.4, 0.5) is 0 Å². The van der Waals surface area contributed by atoms with Crippen LogP contribution < -0.4 is 0 Å². The first kappa shape index (κ1) is 74.4. The van der Waals surface area contributed by atoms with E-state index < -0.39 is 67.3 Å². The van der Waals surface area contributed by atoms with Gasteiger partial charge < -0.3 is 39.0 Å². The molecule has 460 valence electrons. The summed E-state index contributed by atoms with van der Waals surface area (Å²) in [4.78, 5) is 51.3. The van der Waals surface area contributed by atoms with Crippen LogP contribution in [0.2, 0.25) is 0 Å². The summed E-state index contributed by atoms with van der Waals surface area (Å²) in [6, 6.07) is 0. The molecule has 1 rings (SSSR count). The number of carboxylic acids is 1. The largest absolute Gasteiger partial charge is 0.479 e. The first-order chi connectivity index (χ1) is 39.6.